The van der Waals surface area contributed by atoms with E-state index in [-0.39, 0.29) is 0 Å². The fourth-order valence-electron chi connectivity index (χ4n) is 5.11. The molecule has 3 heterocycles. The van der Waals surface area contributed by atoms with Crippen LogP contribution >= 0.6 is 0 Å². The zero-order valence-corrected chi connectivity index (χ0v) is 20.3. The predicted octanol–water partition coefficient (Wildman–Crippen LogP) is 5.50. The molecular weight excluding hydrogens is 436 g/mol. The van der Waals surface area contributed by atoms with E-state index in [0.29, 0.717) is 17.7 Å². The zero-order valence-electron chi connectivity index (χ0n) is 20.3. The van der Waals surface area contributed by atoms with E-state index in [9.17, 15) is 0 Å². The molecule has 2 aliphatic rings. The average molecular weight is 469 g/mol. The van der Waals surface area contributed by atoms with Crippen LogP contribution in [0.25, 0.3) is 0 Å². The van der Waals surface area contributed by atoms with Crippen LogP contribution in [0.5, 0.6) is 5.75 Å². The van der Waals surface area contributed by atoms with Crippen LogP contribution in [0, 0.1) is 18.3 Å². The minimum absolute atomic E-state index is 0.380. The van der Waals surface area contributed by atoms with Crippen molar-refractivity contribution in [2.24, 2.45) is 0 Å². The number of nitrogens with one attached hydrogen (secondary N) is 1. The van der Waals surface area contributed by atoms with Crippen molar-refractivity contribution in [2.75, 3.05) is 18.4 Å². The molecule has 3 aromatic rings. The summed E-state index contributed by atoms with van der Waals surface area (Å²) in [6.45, 7) is 4.93. The van der Waals surface area contributed by atoms with Crippen LogP contribution in [0.15, 0.2) is 48.7 Å². The van der Waals surface area contributed by atoms with Gasteiger partial charge in [0.05, 0.1) is 18.0 Å². The number of rotatable bonds is 7. The Morgan fingerprint density at radius 1 is 1.06 bits per heavy atom. The van der Waals surface area contributed by atoms with Gasteiger partial charge in [0.1, 0.15) is 29.2 Å². The molecule has 35 heavy (non-hydrogen) atoms. The van der Waals surface area contributed by atoms with Gasteiger partial charge in [0, 0.05) is 29.8 Å². The maximum absolute atomic E-state index is 8.94. The number of nitriles is 1. The molecule has 0 atom stereocenters. The molecule has 0 bridgehead atoms. The number of piperidine rings is 1. The van der Waals surface area contributed by atoms with Crippen LogP contribution in [0.3, 0.4) is 0 Å². The van der Waals surface area contributed by atoms with Crippen molar-refractivity contribution < 1.29 is 4.74 Å². The summed E-state index contributed by atoms with van der Waals surface area (Å²) in [5.74, 6) is 2.99. The van der Waals surface area contributed by atoms with Gasteiger partial charge in [-0.05, 0) is 76.7 Å². The number of benzene rings is 1. The predicted molar refractivity (Wildman–Crippen MR) is 136 cm³/mol. The number of likely N-dealkylation sites (tertiary alicyclic amines) is 1. The molecule has 0 unspecified atom stereocenters. The highest BCUT2D eigenvalue weighted by Gasteiger charge is 2.24. The second kappa shape index (κ2) is 10.8. The number of aryl methyl sites for hydroxylation is 1. The summed E-state index contributed by atoms with van der Waals surface area (Å²) < 4.78 is 6.36. The van der Waals surface area contributed by atoms with Crippen LogP contribution in [0.1, 0.15) is 67.2 Å². The number of para-hydroxylation sites is 1. The molecule has 1 N–H and O–H groups in total. The maximum Gasteiger partial charge on any atom is 0.140 e. The highest BCUT2D eigenvalue weighted by molar-refractivity contribution is 5.55. The zero-order chi connectivity index (χ0) is 24.0. The van der Waals surface area contributed by atoms with Crippen molar-refractivity contribution >= 4 is 11.5 Å². The molecule has 0 spiro atoms. The van der Waals surface area contributed by atoms with Gasteiger partial charge in [-0.2, -0.15) is 5.26 Å². The van der Waals surface area contributed by atoms with Gasteiger partial charge in [0.25, 0.3) is 0 Å². The van der Waals surface area contributed by atoms with E-state index in [1.165, 1.54) is 31.2 Å². The smallest absolute Gasteiger partial charge is 0.140 e. The summed E-state index contributed by atoms with van der Waals surface area (Å²) in [7, 11) is 0. The first kappa shape index (κ1) is 23.3. The highest BCUT2D eigenvalue weighted by atomic mass is 16.5. The first-order valence-electron chi connectivity index (χ1n) is 12.6. The van der Waals surface area contributed by atoms with Crippen LogP contribution < -0.4 is 10.1 Å². The van der Waals surface area contributed by atoms with Gasteiger partial charge in [-0.1, -0.05) is 18.2 Å². The van der Waals surface area contributed by atoms with Crippen molar-refractivity contribution in [3.8, 4) is 11.8 Å². The Kier molecular flexibility index (Phi) is 7.20. The summed E-state index contributed by atoms with van der Waals surface area (Å²) in [4.78, 5) is 16.0. The Morgan fingerprint density at radius 2 is 1.86 bits per heavy atom. The molecule has 7 heteroatoms. The molecule has 1 aliphatic heterocycles. The molecule has 7 nitrogen and oxygen atoms in total. The third-order valence-electron chi connectivity index (χ3n) is 6.98. The maximum atomic E-state index is 8.94. The van der Waals surface area contributed by atoms with E-state index >= 15 is 0 Å². The lowest BCUT2D eigenvalue weighted by Gasteiger charge is -2.32. The second-order valence-electron chi connectivity index (χ2n) is 9.58. The Hall–Kier alpha value is -3.50. The van der Waals surface area contributed by atoms with Crippen LogP contribution in [0.2, 0.25) is 0 Å². The largest absolute Gasteiger partial charge is 0.490 e. The standard InChI is InChI=1S/C28H32N6O/c1-20-31-26(16-28(32-20)33-24-11-10-23(17-29)30-18-24)21-12-14-34(15-13-21)19-22-6-2-5-9-27(22)35-25-7-3-4-8-25/h2,5-6,9-11,16,18,21,25H,3-4,7-8,12-15,19H2,1H3,(H,31,32,33). The molecule has 2 aromatic heterocycles. The quantitative estimate of drug-likeness (QED) is 0.490. The topological polar surface area (TPSA) is 87.0 Å². The first-order chi connectivity index (χ1) is 17.2. The van der Waals surface area contributed by atoms with Crippen molar-refractivity contribution in [2.45, 2.75) is 64.0 Å². The Bertz CT molecular complexity index is 1170. The number of aromatic nitrogens is 3. The molecular formula is C28H32N6O. The number of anilines is 2. The monoisotopic (exact) mass is 468 g/mol. The summed E-state index contributed by atoms with van der Waals surface area (Å²) >= 11 is 0. The molecule has 180 valence electrons. The minimum atomic E-state index is 0.380. The average Bonchev–Trinajstić information content (AvgIpc) is 3.39. The van der Waals surface area contributed by atoms with Crippen LogP contribution in [-0.2, 0) is 6.54 Å². The second-order valence-corrected chi connectivity index (χ2v) is 9.58. The molecule has 1 aliphatic carbocycles. The van der Waals surface area contributed by atoms with E-state index in [0.717, 1.165) is 61.2 Å². The van der Waals surface area contributed by atoms with Gasteiger partial charge in [0.2, 0.25) is 0 Å². The lowest BCUT2D eigenvalue weighted by molar-refractivity contribution is 0.186. The molecule has 2 fully saturated rings. The number of hydrogen-bond donors (Lipinski definition) is 1. The van der Waals surface area contributed by atoms with Crippen molar-refractivity contribution in [3.63, 3.8) is 0 Å². The van der Waals surface area contributed by atoms with E-state index in [2.05, 4.69) is 50.5 Å². The molecule has 0 amide bonds. The minimum Gasteiger partial charge on any atom is -0.490 e. The molecule has 5 rings (SSSR count). The molecule has 1 saturated carbocycles. The van der Waals surface area contributed by atoms with E-state index < -0.39 is 0 Å². The van der Waals surface area contributed by atoms with Gasteiger partial charge in [-0.25, -0.2) is 15.0 Å². The SMILES string of the molecule is Cc1nc(Nc2ccc(C#N)nc2)cc(C2CCN(Cc3ccccc3OC3CCCC3)CC2)n1. The molecule has 1 aromatic carbocycles. The van der Waals surface area contributed by atoms with E-state index in [1.54, 1.807) is 12.3 Å². The van der Waals surface area contributed by atoms with Gasteiger partial charge in [-0.15, -0.1) is 0 Å². The summed E-state index contributed by atoms with van der Waals surface area (Å²) in [5, 5.41) is 12.2. The van der Waals surface area contributed by atoms with Crippen molar-refractivity contribution in [1.29, 1.82) is 5.26 Å². The van der Waals surface area contributed by atoms with Crippen LogP contribution in [0.4, 0.5) is 11.5 Å². The summed E-state index contributed by atoms with van der Waals surface area (Å²) in [6.07, 6.45) is 9.09. The Balaban J connectivity index is 1.20. The van der Waals surface area contributed by atoms with Gasteiger partial charge < -0.3 is 10.1 Å². The highest BCUT2D eigenvalue weighted by Crippen LogP contribution is 2.31. The Morgan fingerprint density at radius 3 is 2.60 bits per heavy atom. The van der Waals surface area contributed by atoms with Gasteiger partial charge in [0.15, 0.2) is 0 Å². The van der Waals surface area contributed by atoms with Crippen LogP contribution in [-0.4, -0.2) is 39.0 Å². The number of pyridine rings is 1. The fourth-order valence-corrected chi connectivity index (χ4v) is 5.11. The first-order valence-corrected chi connectivity index (χ1v) is 12.6. The molecule has 0 radical (unpaired) electrons. The number of hydrogen-bond acceptors (Lipinski definition) is 7. The third kappa shape index (κ3) is 5.95. The van der Waals surface area contributed by atoms with Gasteiger partial charge in [-0.3, -0.25) is 4.90 Å². The Labute approximate surface area is 207 Å². The third-order valence-corrected chi connectivity index (χ3v) is 6.98. The van der Waals surface area contributed by atoms with Crippen molar-refractivity contribution in [1.82, 2.24) is 19.9 Å². The van der Waals surface area contributed by atoms with Gasteiger partial charge >= 0.3 is 0 Å². The lowest BCUT2D eigenvalue weighted by Crippen LogP contribution is -2.33. The van der Waals surface area contributed by atoms with E-state index in [4.69, 9.17) is 15.0 Å². The summed E-state index contributed by atoms with van der Waals surface area (Å²) in [5.41, 5.74) is 3.58. The fraction of sp³-hybridized carbons (Fsp3) is 0.429. The van der Waals surface area contributed by atoms with Crippen molar-refractivity contribution in [3.05, 3.63) is 71.4 Å². The lowest BCUT2D eigenvalue weighted by atomic mass is 9.93. The number of ether oxygens (including phenoxy) is 1. The van der Waals surface area contributed by atoms with E-state index in [1.807, 2.05) is 19.1 Å². The normalized spacial score (nSPS) is 17.3. The summed E-state index contributed by atoms with van der Waals surface area (Å²) in [6, 6.07) is 16.2. The number of nitrogens with zero attached hydrogens (tertiary/aromatic N) is 5. The molecule has 1 saturated heterocycles.